The second-order valence-electron chi connectivity index (χ2n) is 6.54. The van der Waals surface area contributed by atoms with Crippen molar-refractivity contribution >= 4 is 27.3 Å². The van der Waals surface area contributed by atoms with Crippen LogP contribution in [-0.2, 0) is 0 Å². The van der Waals surface area contributed by atoms with Gasteiger partial charge in [-0.1, -0.05) is 54.7 Å². The monoisotopic (exact) mass is 390 g/mol. The smallest absolute Gasteiger partial charge is 0.235 e. The van der Waals surface area contributed by atoms with Crippen molar-refractivity contribution in [2.45, 2.75) is 26.4 Å². The van der Waals surface area contributed by atoms with Crippen LogP contribution in [0.15, 0.2) is 59.0 Å². The van der Waals surface area contributed by atoms with Gasteiger partial charge in [0.2, 0.25) is 10.8 Å². The van der Waals surface area contributed by atoms with E-state index in [2.05, 4.69) is 17.1 Å². The number of fused-ring (bicyclic) bond motifs is 2. The molecule has 1 atom stereocenters. The third-order valence-electron chi connectivity index (χ3n) is 4.72. The number of hydrogen-bond donors (Lipinski definition) is 0. The first-order chi connectivity index (χ1) is 13.7. The molecule has 3 aromatic heterocycles. The Morgan fingerprint density at radius 2 is 1.86 bits per heavy atom. The highest BCUT2D eigenvalue weighted by Gasteiger charge is 2.23. The predicted molar refractivity (Wildman–Crippen MR) is 109 cm³/mol. The third kappa shape index (κ3) is 2.75. The van der Waals surface area contributed by atoms with Crippen LogP contribution in [0.5, 0.6) is 5.75 Å². The quantitative estimate of drug-likeness (QED) is 0.400. The molecule has 2 aromatic carbocycles. The lowest BCUT2D eigenvalue weighted by atomic mass is 10.1. The summed E-state index contributed by atoms with van der Waals surface area (Å²) in [6.45, 7) is 4.11. The summed E-state index contributed by atoms with van der Waals surface area (Å²) < 4.78 is 13.9. The number of benzene rings is 2. The highest BCUT2D eigenvalue weighted by molar-refractivity contribution is 7.16. The summed E-state index contributed by atoms with van der Waals surface area (Å²) in [6.07, 6.45) is 0.663. The number of furan rings is 1. The fraction of sp³-hybridized carbons (Fsp3) is 0.190. The van der Waals surface area contributed by atoms with Crippen LogP contribution >= 0.6 is 11.3 Å². The van der Waals surface area contributed by atoms with Gasteiger partial charge >= 0.3 is 0 Å². The molecule has 0 aliphatic rings. The molecule has 0 bridgehead atoms. The Bertz CT molecular complexity index is 1260. The van der Waals surface area contributed by atoms with E-state index in [1.807, 2.05) is 61.5 Å². The average molecular weight is 390 g/mol. The summed E-state index contributed by atoms with van der Waals surface area (Å²) in [5, 5.41) is 15.3. The maximum Gasteiger partial charge on any atom is 0.235 e. The molecule has 5 aromatic rings. The van der Waals surface area contributed by atoms with Crippen molar-refractivity contribution < 1.29 is 9.15 Å². The van der Waals surface area contributed by atoms with E-state index in [0.29, 0.717) is 11.6 Å². The van der Waals surface area contributed by atoms with Crippen LogP contribution < -0.4 is 4.74 Å². The van der Waals surface area contributed by atoms with Gasteiger partial charge in [-0.25, -0.2) is 0 Å². The number of para-hydroxylation sites is 2. The van der Waals surface area contributed by atoms with E-state index in [-0.39, 0.29) is 6.10 Å². The molecule has 0 saturated heterocycles. The molecule has 140 valence electrons. The van der Waals surface area contributed by atoms with Gasteiger partial charge in [-0.3, -0.25) is 0 Å². The Hall–Kier alpha value is -3.19. The summed E-state index contributed by atoms with van der Waals surface area (Å²) in [5.41, 5.74) is 1.87. The van der Waals surface area contributed by atoms with E-state index >= 15 is 0 Å². The third-order valence-corrected chi connectivity index (χ3v) is 5.71. The van der Waals surface area contributed by atoms with E-state index in [9.17, 15) is 0 Å². The van der Waals surface area contributed by atoms with Crippen molar-refractivity contribution in [1.29, 1.82) is 0 Å². The highest BCUT2D eigenvalue weighted by atomic mass is 32.1. The van der Waals surface area contributed by atoms with E-state index in [1.54, 1.807) is 4.52 Å². The van der Waals surface area contributed by atoms with Crippen molar-refractivity contribution in [2.75, 3.05) is 0 Å². The zero-order chi connectivity index (χ0) is 19.1. The van der Waals surface area contributed by atoms with Crippen molar-refractivity contribution in [2.24, 2.45) is 0 Å². The largest absolute Gasteiger partial charge is 0.483 e. The predicted octanol–water partition coefficient (Wildman–Crippen LogP) is 5.44. The molecule has 0 amide bonds. The molecule has 0 saturated carbocycles. The molecule has 0 aliphatic carbocycles. The normalized spacial score (nSPS) is 12.6. The van der Waals surface area contributed by atoms with Gasteiger partial charge in [0.05, 0.1) is 0 Å². The first-order valence-corrected chi connectivity index (χ1v) is 9.98. The second kappa shape index (κ2) is 6.76. The van der Waals surface area contributed by atoms with Gasteiger partial charge in [0.15, 0.2) is 16.9 Å². The summed E-state index contributed by atoms with van der Waals surface area (Å²) in [5.74, 6) is 2.14. The van der Waals surface area contributed by atoms with Gasteiger partial charge in [-0.05, 0) is 31.5 Å². The van der Waals surface area contributed by atoms with Gasteiger partial charge in [0.25, 0.3) is 0 Å². The highest BCUT2D eigenvalue weighted by Crippen LogP contribution is 2.34. The molecule has 6 nitrogen and oxygen atoms in total. The lowest BCUT2D eigenvalue weighted by Crippen LogP contribution is -2.07. The fourth-order valence-corrected chi connectivity index (χ4v) is 4.21. The Balaban J connectivity index is 1.55. The van der Waals surface area contributed by atoms with E-state index in [0.717, 1.165) is 38.7 Å². The molecule has 5 rings (SSSR count). The molecular formula is C21H18N4O2S. The van der Waals surface area contributed by atoms with Gasteiger partial charge in [-0.2, -0.15) is 9.61 Å². The van der Waals surface area contributed by atoms with E-state index in [1.165, 1.54) is 11.3 Å². The van der Waals surface area contributed by atoms with Crippen molar-refractivity contribution in [3.63, 3.8) is 0 Å². The first-order valence-electron chi connectivity index (χ1n) is 9.17. The van der Waals surface area contributed by atoms with E-state index < -0.39 is 0 Å². The molecule has 28 heavy (non-hydrogen) atoms. The number of ether oxygens (including phenoxy) is 1. The minimum atomic E-state index is -0.140. The van der Waals surface area contributed by atoms with Crippen LogP contribution in [-0.4, -0.2) is 19.8 Å². The number of aromatic nitrogens is 4. The Morgan fingerprint density at radius 3 is 2.64 bits per heavy atom. The molecule has 7 heteroatoms. The summed E-state index contributed by atoms with van der Waals surface area (Å²) >= 11 is 1.49. The maximum atomic E-state index is 6.13. The molecule has 0 N–H and O–H groups in total. The first kappa shape index (κ1) is 16.9. The SMILES string of the molecule is CCC(Oc1ccccc1)c1nn2c(-c3oc4ccccc4c3C)nnc2s1. The van der Waals surface area contributed by atoms with Crippen LogP contribution in [0.3, 0.4) is 0 Å². The van der Waals surface area contributed by atoms with Crippen LogP contribution in [0.1, 0.15) is 30.0 Å². The lowest BCUT2D eigenvalue weighted by Gasteiger charge is -2.14. The van der Waals surface area contributed by atoms with Crippen LogP contribution in [0, 0.1) is 6.92 Å². The van der Waals surface area contributed by atoms with Gasteiger partial charge in [0.1, 0.15) is 11.3 Å². The summed E-state index contributed by atoms with van der Waals surface area (Å²) in [6, 6.07) is 17.8. The Morgan fingerprint density at radius 1 is 1.07 bits per heavy atom. The molecule has 0 fully saturated rings. The second-order valence-corrected chi connectivity index (χ2v) is 7.53. The van der Waals surface area contributed by atoms with Gasteiger partial charge in [0, 0.05) is 10.9 Å². The molecule has 3 heterocycles. The zero-order valence-electron chi connectivity index (χ0n) is 15.5. The number of rotatable bonds is 5. The van der Waals surface area contributed by atoms with Crippen LogP contribution in [0.4, 0.5) is 0 Å². The molecule has 1 unspecified atom stereocenters. The number of hydrogen-bond acceptors (Lipinski definition) is 6. The van der Waals surface area contributed by atoms with Crippen LogP contribution in [0.25, 0.3) is 27.5 Å². The lowest BCUT2D eigenvalue weighted by molar-refractivity contribution is 0.199. The standard InChI is InChI=1S/C21H18N4O2S/c1-3-16(26-14-9-5-4-6-10-14)20-24-25-19(22-23-21(25)28-20)18-13(2)15-11-7-8-12-17(15)27-18/h4-12,16H,3H2,1-2H3. The maximum absolute atomic E-state index is 6.13. The molecule has 0 radical (unpaired) electrons. The van der Waals surface area contributed by atoms with Crippen molar-refractivity contribution in [3.8, 4) is 17.3 Å². The topological polar surface area (TPSA) is 65.5 Å². The Labute approximate surface area is 165 Å². The van der Waals surface area contributed by atoms with Crippen molar-refractivity contribution in [1.82, 2.24) is 19.8 Å². The number of aryl methyl sites for hydroxylation is 1. The number of nitrogens with zero attached hydrogens (tertiary/aromatic N) is 4. The summed E-state index contributed by atoms with van der Waals surface area (Å²) in [4.78, 5) is 0.722. The Kier molecular flexibility index (Phi) is 4.09. The molecule has 0 spiro atoms. The summed E-state index contributed by atoms with van der Waals surface area (Å²) in [7, 11) is 0. The van der Waals surface area contributed by atoms with Crippen LogP contribution in [0.2, 0.25) is 0 Å². The minimum absolute atomic E-state index is 0.140. The fourth-order valence-electron chi connectivity index (χ4n) is 3.26. The zero-order valence-corrected chi connectivity index (χ0v) is 16.3. The molecular weight excluding hydrogens is 372 g/mol. The van der Waals surface area contributed by atoms with Gasteiger partial charge < -0.3 is 9.15 Å². The van der Waals surface area contributed by atoms with Gasteiger partial charge in [-0.15, -0.1) is 10.2 Å². The minimum Gasteiger partial charge on any atom is -0.483 e. The average Bonchev–Trinajstić information content (AvgIpc) is 3.40. The van der Waals surface area contributed by atoms with E-state index in [4.69, 9.17) is 14.3 Å². The molecule has 0 aliphatic heterocycles. The van der Waals surface area contributed by atoms with Crippen molar-refractivity contribution in [3.05, 3.63) is 65.2 Å².